The van der Waals surface area contributed by atoms with E-state index in [0.717, 1.165) is 26.2 Å². The van der Waals surface area contributed by atoms with Gasteiger partial charge >= 0.3 is 212 Å². The third-order valence-corrected chi connectivity index (χ3v) is 16.4. The summed E-state index contributed by atoms with van der Waals surface area (Å²) < 4.78 is 13.2. The second-order valence-corrected chi connectivity index (χ2v) is 30.4. The van der Waals surface area contributed by atoms with Gasteiger partial charge in [0.2, 0.25) is 0 Å². The zero-order valence-corrected chi connectivity index (χ0v) is 25.2. The Kier molecular flexibility index (Phi) is 11.1. The predicted octanol–water partition coefficient (Wildman–Crippen LogP) is 2.19. The van der Waals surface area contributed by atoms with E-state index in [1.165, 1.54) is 8.46 Å². The van der Waals surface area contributed by atoms with E-state index in [-0.39, 0.29) is 24.0 Å². The first kappa shape index (κ1) is 27.9. The van der Waals surface area contributed by atoms with Crippen molar-refractivity contribution in [3.8, 4) is 0 Å². The van der Waals surface area contributed by atoms with Gasteiger partial charge in [-0.3, -0.25) is 0 Å². The molecule has 0 aromatic rings. The summed E-state index contributed by atoms with van der Waals surface area (Å²) >= 11 is 5.24. The first-order valence-electron chi connectivity index (χ1n) is 10.7. The Morgan fingerprint density at radius 2 is 1.16 bits per heavy atom. The molecule has 2 heterocycles. The second-order valence-electron chi connectivity index (χ2n) is 7.43. The minimum absolute atomic E-state index is 0.156. The summed E-state index contributed by atoms with van der Waals surface area (Å²) in [6.07, 6.45) is 1.40. The SMILES string of the molecule is CCOC(=O)C(CC)N1CCN(C)[C]1=[Pd]([I])([I])=[C]1N(C)CCN1C(CC)C(=O)OCC. The molecule has 2 aliphatic heterocycles. The molecular formula is C20H36I2N4O4Pd. The summed E-state index contributed by atoms with van der Waals surface area (Å²) in [5, 5.41) is 0. The summed E-state index contributed by atoms with van der Waals surface area (Å²) in [6, 6.07) is -0.570. The monoisotopic (exact) mass is 756 g/mol. The average molecular weight is 757 g/mol. The molecular weight excluding hydrogens is 720 g/mol. The van der Waals surface area contributed by atoms with Crippen LogP contribution in [0, 0.1) is 0 Å². The van der Waals surface area contributed by atoms with Crippen molar-refractivity contribution >= 4 is 59.4 Å². The van der Waals surface area contributed by atoms with E-state index in [1.54, 1.807) is 0 Å². The zero-order chi connectivity index (χ0) is 23.3. The summed E-state index contributed by atoms with van der Waals surface area (Å²) in [5.41, 5.74) is 0. The Morgan fingerprint density at radius 3 is 1.45 bits per heavy atom. The molecule has 2 aliphatic rings. The molecule has 8 nitrogen and oxygen atoms in total. The molecule has 0 aliphatic carbocycles. The maximum atomic E-state index is 12.7. The molecule has 0 radical (unpaired) electrons. The molecule has 0 N–H and O–H groups in total. The molecule has 0 aromatic carbocycles. The van der Waals surface area contributed by atoms with Gasteiger partial charge in [-0.05, 0) is 0 Å². The number of carbonyl (C=O) groups is 2. The quantitative estimate of drug-likeness (QED) is 0.213. The molecule has 31 heavy (non-hydrogen) atoms. The van der Waals surface area contributed by atoms with E-state index in [2.05, 4.69) is 72.7 Å². The van der Waals surface area contributed by atoms with Crippen LogP contribution in [-0.4, -0.2) is 106 Å². The molecule has 2 unspecified atom stereocenters. The number of nitrogens with zero attached hydrogens (tertiary/aromatic N) is 4. The summed E-state index contributed by atoms with van der Waals surface area (Å²) in [7, 11) is 1.75. The van der Waals surface area contributed by atoms with Gasteiger partial charge < -0.3 is 0 Å². The topological polar surface area (TPSA) is 65.6 Å². The number of hydrogen-bond acceptors (Lipinski definition) is 8. The van der Waals surface area contributed by atoms with Crippen molar-refractivity contribution in [3.05, 3.63) is 0 Å². The predicted molar refractivity (Wildman–Crippen MR) is 138 cm³/mol. The normalized spacial score (nSPS) is 22.1. The van der Waals surface area contributed by atoms with Crippen LogP contribution >= 0.6 is 39.0 Å². The van der Waals surface area contributed by atoms with Crippen molar-refractivity contribution in [3.63, 3.8) is 0 Å². The van der Waals surface area contributed by atoms with Crippen molar-refractivity contribution in [1.82, 2.24) is 19.6 Å². The number of halogens is 2. The summed E-state index contributed by atoms with van der Waals surface area (Å²) in [6.45, 7) is 11.9. The third-order valence-electron chi connectivity index (χ3n) is 5.37. The van der Waals surface area contributed by atoms with Gasteiger partial charge in [0.25, 0.3) is 0 Å². The van der Waals surface area contributed by atoms with Gasteiger partial charge in [0.15, 0.2) is 0 Å². The van der Waals surface area contributed by atoms with Crippen LogP contribution in [-0.2, 0) is 26.5 Å². The van der Waals surface area contributed by atoms with E-state index >= 15 is 0 Å². The second kappa shape index (κ2) is 12.4. The Bertz CT molecular complexity index is 732. The molecule has 2 atom stereocenters. The van der Waals surface area contributed by atoms with Gasteiger partial charge in [0.05, 0.1) is 0 Å². The van der Waals surface area contributed by atoms with Crippen LogP contribution < -0.4 is 0 Å². The van der Waals surface area contributed by atoms with Crippen molar-refractivity contribution in [1.29, 1.82) is 0 Å². The van der Waals surface area contributed by atoms with Crippen molar-refractivity contribution in [2.24, 2.45) is 0 Å². The molecule has 0 amide bonds. The fraction of sp³-hybridized carbons (Fsp3) is 0.800. The van der Waals surface area contributed by atoms with Crippen molar-refractivity contribution in [2.45, 2.75) is 52.6 Å². The summed E-state index contributed by atoms with van der Waals surface area (Å²) in [5.74, 6) is -0.311. The van der Waals surface area contributed by atoms with Crippen LogP contribution in [0.25, 0.3) is 0 Å². The van der Waals surface area contributed by atoms with Crippen LogP contribution in [0.3, 0.4) is 0 Å². The average Bonchev–Trinajstić information content (AvgIpc) is 3.27. The van der Waals surface area contributed by atoms with Crippen LogP contribution in [0.15, 0.2) is 0 Å². The minimum atomic E-state index is -2.47. The number of ether oxygens (including phenoxy) is 2. The summed E-state index contributed by atoms with van der Waals surface area (Å²) in [4.78, 5) is 34.6. The van der Waals surface area contributed by atoms with Crippen molar-refractivity contribution < 1.29 is 26.5 Å². The molecule has 2 rings (SSSR count). The molecule has 0 aromatic heterocycles. The first-order chi connectivity index (χ1) is 14.6. The van der Waals surface area contributed by atoms with Gasteiger partial charge in [-0.1, -0.05) is 0 Å². The van der Waals surface area contributed by atoms with Gasteiger partial charge in [0, 0.05) is 0 Å². The number of rotatable bonds is 8. The number of esters is 2. The van der Waals surface area contributed by atoms with Crippen molar-refractivity contribution in [2.75, 3.05) is 53.5 Å². The number of likely N-dealkylation sites (N-methyl/N-ethyl adjacent to an activating group) is 2. The van der Waals surface area contributed by atoms with Crippen LogP contribution in [0.5, 0.6) is 0 Å². The Labute approximate surface area is 209 Å². The zero-order valence-electron chi connectivity index (χ0n) is 19.3. The molecule has 0 bridgehead atoms. The Balaban J connectivity index is 2.67. The molecule has 2 fully saturated rings. The third kappa shape index (κ3) is 6.02. The molecule has 2 saturated heterocycles. The van der Waals surface area contributed by atoms with E-state index < -0.39 is 7.40 Å². The van der Waals surface area contributed by atoms with Gasteiger partial charge in [0.1, 0.15) is 0 Å². The van der Waals surface area contributed by atoms with Crippen LogP contribution in [0.2, 0.25) is 0 Å². The van der Waals surface area contributed by atoms with E-state index in [4.69, 9.17) is 9.47 Å². The van der Waals surface area contributed by atoms with Crippen LogP contribution in [0.1, 0.15) is 40.5 Å². The molecule has 0 spiro atoms. The van der Waals surface area contributed by atoms with E-state index in [1.807, 2.05) is 27.7 Å². The Hall–Kier alpha value is 0.642. The van der Waals surface area contributed by atoms with Crippen LogP contribution in [0.4, 0.5) is 0 Å². The first-order valence-corrected chi connectivity index (χ1v) is 21.5. The number of carbonyl (C=O) groups excluding carboxylic acids is 2. The van der Waals surface area contributed by atoms with E-state index in [9.17, 15) is 9.59 Å². The van der Waals surface area contributed by atoms with Gasteiger partial charge in [-0.2, -0.15) is 0 Å². The number of hydrogen-bond donors (Lipinski definition) is 0. The van der Waals surface area contributed by atoms with Gasteiger partial charge in [-0.25, -0.2) is 0 Å². The standard InChI is InChI=1S/2C10H18N2O2.2HI.Pd/c2*1-4-9(10(13)14-5-2)12-7-6-11(3)8-12;;;/h2*9H,4-7H2,1-3H3;2*1H;/q;;;;+2/p-2. The molecule has 11 heteroatoms. The fourth-order valence-electron chi connectivity index (χ4n) is 3.95. The van der Waals surface area contributed by atoms with Gasteiger partial charge in [-0.15, -0.1) is 0 Å². The maximum absolute atomic E-state index is 12.7. The Morgan fingerprint density at radius 1 is 0.806 bits per heavy atom. The molecule has 184 valence electrons. The van der Waals surface area contributed by atoms with E-state index in [0.29, 0.717) is 26.1 Å². The fourth-order valence-corrected chi connectivity index (χ4v) is 18.8. The molecule has 0 saturated carbocycles.